The van der Waals surface area contributed by atoms with Crippen molar-refractivity contribution in [1.29, 1.82) is 0 Å². The van der Waals surface area contributed by atoms with Crippen molar-refractivity contribution in [2.24, 2.45) is 0 Å². The summed E-state index contributed by atoms with van der Waals surface area (Å²) in [5.41, 5.74) is 7.14. The van der Waals surface area contributed by atoms with Crippen molar-refractivity contribution in [2.45, 2.75) is 20.0 Å². The van der Waals surface area contributed by atoms with Crippen molar-refractivity contribution in [2.75, 3.05) is 12.3 Å². The van der Waals surface area contributed by atoms with Crippen LogP contribution in [0.5, 0.6) is 0 Å². The molecule has 0 radical (unpaired) electrons. The lowest BCUT2D eigenvalue weighted by molar-refractivity contribution is -0.133. The lowest BCUT2D eigenvalue weighted by atomic mass is 10.3. The molecule has 0 aliphatic carbocycles. The molecule has 1 aliphatic rings. The number of nitrogen functional groups attached to an aromatic ring is 1. The van der Waals surface area contributed by atoms with E-state index in [-0.39, 0.29) is 24.3 Å². The van der Waals surface area contributed by atoms with Crippen molar-refractivity contribution in [3.8, 4) is 0 Å². The number of carbonyl (C=O) groups is 2. The molecule has 1 aliphatic heterocycles. The fourth-order valence-electron chi connectivity index (χ4n) is 1.66. The Hall–Kier alpha value is -2.18. The molecule has 0 bridgehead atoms. The zero-order valence-corrected chi connectivity index (χ0v) is 9.43. The molecule has 0 aromatic carbocycles. The molecule has 0 unspecified atom stereocenters. The third kappa shape index (κ3) is 2.49. The minimum Gasteiger partial charge on any atom is -0.368 e. The summed E-state index contributed by atoms with van der Waals surface area (Å²) >= 11 is 0. The molecule has 90 valence electrons. The Labute approximate surface area is 98.0 Å². The van der Waals surface area contributed by atoms with Crippen LogP contribution in [0.3, 0.4) is 0 Å². The Balaban J connectivity index is 2.00. The first kappa shape index (κ1) is 11.3. The summed E-state index contributed by atoms with van der Waals surface area (Å²) < 4.78 is 0. The number of anilines is 1. The molecular formula is C10H13N5O2. The van der Waals surface area contributed by atoms with Gasteiger partial charge >= 0.3 is 0 Å². The maximum atomic E-state index is 11.7. The first-order valence-electron chi connectivity index (χ1n) is 5.18. The smallest absolute Gasteiger partial charge is 0.242 e. The van der Waals surface area contributed by atoms with Crippen LogP contribution in [-0.2, 0) is 22.7 Å². The number of hydrogen-bond acceptors (Lipinski definition) is 5. The summed E-state index contributed by atoms with van der Waals surface area (Å²) in [6.45, 7) is 2.26. The Kier molecular flexibility index (Phi) is 2.90. The molecule has 17 heavy (non-hydrogen) atoms. The van der Waals surface area contributed by atoms with Crippen LogP contribution in [0.25, 0.3) is 0 Å². The van der Waals surface area contributed by atoms with E-state index in [0.717, 1.165) is 11.3 Å². The van der Waals surface area contributed by atoms with Crippen LogP contribution in [0, 0.1) is 0 Å². The number of amides is 2. The van der Waals surface area contributed by atoms with E-state index < -0.39 is 0 Å². The first-order chi connectivity index (χ1) is 8.06. The Morgan fingerprint density at radius 2 is 2.29 bits per heavy atom. The lowest BCUT2D eigenvalue weighted by Gasteiger charge is -2.14. The van der Waals surface area contributed by atoms with Crippen molar-refractivity contribution in [1.82, 2.24) is 20.2 Å². The zero-order valence-electron chi connectivity index (χ0n) is 9.43. The third-order valence-corrected chi connectivity index (χ3v) is 2.52. The third-order valence-electron chi connectivity index (χ3n) is 2.52. The number of carbonyl (C=O) groups excluding carboxylic acids is 2. The van der Waals surface area contributed by atoms with Gasteiger partial charge in [0.1, 0.15) is 0 Å². The van der Waals surface area contributed by atoms with Crippen LogP contribution in [0.1, 0.15) is 18.2 Å². The normalized spacial score (nSPS) is 13.4. The molecule has 1 aromatic rings. The molecule has 7 nitrogen and oxygen atoms in total. The molecular weight excluding hydrogens is 222 g/mol. The highest BCUT2D eigenvalue weighted by atomic mass is 16.2. The fraction of sp³-hybridized carbons (Fsp3) is 0.400. The minimum absolute atomic E-state index is 0.00618. The molecule has 0 saturated carbocycles. The fourth-order valence-corrected chi connectivity index (χ4v) is 1.66. The molecule has 2 amide bonds. The van der Waals surface area contributed by atoms with Gasteiger partial charge in [0.05, 0.1) is 18.8 Å². The summed E-state index contributed by atoms with van der Waals surface area (Å²) in [6, 6.07) is 0. The van der Waals surface area contributed by atoms with Gasteiger partial charge in [-0.15, -0.1) is 0 Å². The molecule has 3 N–H and O–H groups in total. The maximum Gasteiger partial charge on any atom is 0.242 e. The van der Waals surface area contributed by atoms with Crippen LogP contribution in [0.4, 0.5) is 5.95 Å². The van der Waals surface area contributed by atoms with Gasteiger partial charge in [-0.25, -0.2) is 9.97 Å². The summed E-state index contributed by atoms with van der Waals surface area (Å²) in [5.74, 6) is -0.157. The number of nitrogens with two attached hydrogens (primary N) is 1. The van der Waals surface area contributed by atoms with Gasteiger partial charge in [-0.1, -0.05) is 0 Å². The van der Waals surface area contributed by atoms with Crippen molar-refractivity contribution < 1.29 is 9.59 Å². The molecule has 7 heteroatoms. The van der Waals surface area contributed by atoms with Crippen LogP contribution >= 0.6 is 0 Å². The van der Waals surface area contributed by atoms with Crippen LogP contribution in [0.2, 0.25) is 0 Å². The Morgan fingerprint density at radius 3 is 3.00 bits per heavy atom. The van der Waals surface area contributed by atoms with Gasteiger partial charge in [0.15, 0.2) is 0 Å². The van der Waals surface area contributed by atoms with E-state index in [1.54, 1.807) is 11.1 Å². The van der Waals surface area contributed by atoms with Crippen LogP contribution in [0.15, 0.2) is 6.20 Å². The van der Waals surface area contributed by atoms with Crippen LogP contribution < -0.4 is 11.1 Å². The highest BCUT2D eigenvalue weighted by Gasteiger charge is 2.24. The van der Waals surface area contributed by atoms with Gasteiger partial charge in [-0.2, -0.15) is 0 Å². The number of rotatable bonds is 2. The number of fused-ring (bicyclic) bond motifs is 1. The minimum atomic E-state index is -0.223. The average Bonchev–Trinajstić information content (AvgIpc) is 2.68. The Morgan fingerprint density at radius 1 is 1.53 bits per heavy atom. The molecule has 0 spiro atoms. The van der Waals surface area contributed by atoms with E-state index in [1.165, 1.54) is 6.92 Å². The summed E-state index contributed by atoms with van der Waals surface area (Å²) in [4.78, 5) is 32.0. The summed E-state index contributed by atoms with van der Waals surface area (Å²) in [5, 5.41) is 2.47. The maximum absolute atomic E-state index is 11.7. The van der Waals surface area contributed by atoms with Gasteiger partial charge in [0.2, 0.25) is 17.8 Å². The number of nitrogens with zero attached hydrogens (tertiary/aromatic N) is 3. The molecule has 0 atom stereocenters. The second-order valence-electron chi connectivity index (χ2n) is 3.86. The zero-order chi connectivity index (χ0) is 12.4. The topological polar surface area (TPSA) is 101 Å². The van der Waals surface area contributed by atoms with E-state index in [4.69, 9.17) is 5.73 Å². The van der Waals surface area contributed by atoms with Crippen molar-refractivity contribution >= 4 is 17.8 Å². The number of nitrogens with one attached hydrogen (secondary N) is 1. The quantitative estimate of drug-likeness (QED) is 0.687. The van der Waals surface area contributed by atoms with Gasteiger partial charge in [0.25, 0.3) is 0 Å². The molecule has 2 rings (SSSR count). The monoisotopic (exact) mass is 235 g/mol. The molecule has 0 fully saturated rings. The van der Waals surface area contributed by atoms with E-state index in [2.05, 4.69) is 15.3 Å². The Bertz CT molecular complexity index is 474. The first-order valence-corrected chi connectivity index (χ1v) is 5.18. The SMILES string of the molecule is CC(=O)NCC(=O)N1Cc2cnc(N)nc2C1. The number of hydrogen-bond donors (Lipinski definition) is 2. The molecule has 0 saturated heterocycles. The van der Waals surface area contributed by atoms with Crippen molar-refractivity contribution in [3.05, 3.63) is 17.5 Å². The van der Waals surface area contributed by atoms with Crippen LogP contribution in [-0.4, -0.2) is 33.2 Å². The highest BCUT2D eigenvalue weighted by molar-refractivity contribution is 5.84. The lowest BCUT2D eigenvalue weighted by Crippen LogP contribution is -2.36. The van der Waals surface area contributed by atoms with Gasteiger partial charge in [-0.3, -0.25) is 9.59 Å². The summed E-state index contributed by atoms with van der Waals surface area (Å²) in [6.07, 6.45) is 1.63. The summed E-state index contributed by atoms with van der Waals surface area (Å²) in [7, 11) is 0. The molecule has 2 heterocycles. The number of aromatic nitrogens is 2. The molecule has 1 aromatic heterocycles. The van der Waals surface area contributed by atoms with Gasteiger partial charge < -0.3 is 16.0 Å². The largest absolute Gasteiger partial charge is 0.368 e. The van der Waals surface area contributed by atoms with E-state index in [9.17, 15) is 9.59 Å². The van der Waals surface area contributed by atoms with Crippen molar-refractivity contribution in [3.63, 3.8) is 0 Å². The van der Waals surface area contributed by atoms with E-state index >= 15 is 0 Å². The van der Waals surface area contributed by atoms with E-state index in [1.807, 2.05) is 0 Å². The highest BCUT2D eigenvalue weighted by Crippen LogP contribution is 2.20. The predicted molar refractivity (Wildman–Crippen MR) is 59.4 cm³/mol. The second-order valence-corrected chi connectivity index (χ2v) is 3.86. The van der Waals surface area contributed by atoms with Gasteiger partial charge in [-0.05, 0) is 0 Å². The standard InChI is InChI=1S/C10H13N5O2/c1-6(16)12-3-9(17)15-4-7-2-13-10(11)14-8(7)5-15/h2H,3-5H2,1H3,(H,12,16)(H2,11,13,14). The second kappa shape index (κ2) is 4.36. The average molecular weight is 235 g/mol. The predicted octanol–water partition coefficient (Wildman–Crippen LogP) is -0.963. The van der Waals surface area contributed by atoms with Gasteiger partial charge in [0, 0.05) is 25.2 Å². The van der Waals surface area contributed by atoms with E-state index in [0.29, 0.717) is 13.1 Å².